The van der Waals surface area contributed by atoms with Gasteiger partial charge >= 0.3 is 0 Å². The van der Waals surface area contributed by atoms with Crippen LogP contribution in [0.2, 0.25) is 0 Å². The van der Waals surface area contributed by atoms with Gasteiger partial charge in [-0.15, -0.1) is 0 Å². The second-order valence-electron chi connectivity index (χ2n) is 4.81. The van der Waals surface area contributed by atoms with Gasteiger partial charge in [0.1, 0.15) is 0 Å². The Labute approximate surface area is 95.2 Å². The molecule has 1 saturated heterocycles. The second-order valence-corrected chi connectivity index (χ2v) is 4.81. The van der Waals surface area contributed by atoms with Gasteiger partial charge in [0.05, 0.1) is 0 Å². The van der Waals surface area contributed by atoms with Crippen LogP contribution in [0, 0.1) is 5.92 Å². The van der Waals surface area contributed by atoms with E-state index in [4.69, 9.17) is 0 Å². The Morgan fingerprint density at radius 2 is 2.07 bits per heavy atom. The van der Waals surface area contributed by atoms with Crippen molar-refractivity contribution in [3.8, 4) is 0 Å². The summed E-state index contributed by atoms with van der Waals surface area (Å²) in [5, 5.41) is 7.02. The Morgan fingerprint density at radius 3 is 2.80 bits per heavy atom. The first-order valence-electron chi connectivity index (χ1n) is 6.85. The number of nitrogens with one attached hydrogen (secondary N) is 2. The van der Waals surface area contributed by atoms with E-state index in [-0.39, 0.29) is 0 Å². The van der Waals surface area contributed by atoms with E-state index in [0.717, 1.165) is 5.92 Å². The highest BCUT2D eigenvalue weighted by atomic mass is 14.9. The molecule has 0 bridgehead atoms. The van der Waals surface area contributed by atoms with Crippen LogP contribution in [-0.4, -0.2) is 26.2 Å². The van der Waals surface area contributed by atoms with Gasteiger partial charge in [-0.2, -0.15) is 0 Å². The summed E-state index contributed by atoms with van der Waals surface area (Å²) < 4.78 is 0. The minimum absolute atomic E-state index is 0.955. The molecule has 1 aliphatic heterocycles. The van der Waals surface area contributed by atoms with Crippen LogP contribution in [0.5, 0.6) is 0 Å². The first-order chi connectivity index (χ1) is 7.43. The predicted molar refractivity (Wildman–Crippen MR) is 67.2 cm³/mol. The molecule has 1 atom stereocenters. The Kier molecular flexibility index (Phi) is 7.94. The van der Waals surface area contributed by atoms with Crippen LogP contribution in [0.4, 0.5) is 0 Å². The fourth-order valence-corrected chi connectivity index (χ4v) is 2.31. The minimum atomic E-state index is 0.955. The maximum Gasteiger partial charge on any atom is -0.00205 e. The standard InChI is InChI=1S/C13H28N2/c1-2-3-4-9-14-10-5-7-13-8-6-11-15-12-13/h13-15H,2-12H2,1H3. The molecule has 0 radical (unpaired) electrons. The van der Waals surface area contributed by atoms with Crippen molar-refractivity contribution in [2.24, 2.45) is 5.92 Å². The van der Waals surface area contributed by atoms with Gasteiger partial charge in [-0.05, 0) is 64.2 Å². The van der Waals surface area contributed by atoms with Gasteiger partial charge in [-0.25, -0.2) is 0 Å². The van der Waals surface area contributed by atoms with E-state index in [1.165, 1.54) is 71.1 Å². The van der Waals surface area contributed by atoms with Gasteiger partial charge in [0.2, 0.25) is 0 Å². The lowest BCUT2D eigenvalue weighted by molar-refractivity contribution is 0.348. The van der Waals surface area contributed by atoms with Crippen molar-refractivity contribution in [1.82, 2.24) is 10.6 Å². The van der Waals surface area contributed by atoms with Gasteiger partial charge in [-0.3, -0.25) is 0 Å². The molecule has 0 aliphatic carbocycles. The van der Waals surface area contributed by atoms with Crippen LogP contribution in [0.15, 0.2) is 0 Å². The van der Waals surface area contributed by atoms with Gasteiger partial charge in [0.25, 0.3) is 0 Å². The number of hydrogen-bond acceptors (Lipinski definition) is 2. The molecule has 0 aromatic carbocycles. The summed E-state index contributed by atoms with van der Waals surface area (Å²) in [4.78, 5) is 0. The van der Waals surface area contributed by atoms with E-state index < -0.39 is 0 Å². The van der Waals surface area contributed by atoms with Crippen molar-refractivity contribution >= 4 is 0 Å². The molecule has 0 aromatic heterocycles. The van der Waals surface area contributed by atoms with E-state index in [0.29, 0.717) is 0 Å². The van der Waals surface area contributed by atoms with Crippen molar-refractivity contribution in [3.63, 3.8) is 0 Å². The molecule has 15 heavy (non-hydrogen) atoms. The van der Waals surface area contributed by atoms with E-state index in [9.17, 15) is 0 Å². The average molecular weight is 212 g/mol. The van der Waals surface area contributed by atoms with Crippen LogP contribution in [0.1, 0.15) is 51.9 Å². The quantitative estimate of drug-likeness (QED) is 0.604. The number of piperidine rings is 1. The molecular weight excluding hydrogens is 184 g/mol. The highest BCUT2D eigenvalue weighted by Gasteiger charge is 2.11. The van der Waals surface area contributed by atoms with E-state index in [2.05, 4.69) is 17.6 Å². The SMILES string of the molecule is CCCCCNCCCC1CCCNC1. The summed E-state index contributed by atoms with van der Waals surface area (Å²) >= 11 is 0. The lowest BCUT2D eigenvalue weighted by Crippen LogP contribution is -2.30. The Hall–Kier alpha value is -0.0800. The molecule has 0 spiro atoms. The van der Waals surface area contributed by atoms with Gasteiger partial charge in [0.15, 0.2) is 0 Å². The summed E-state index contributed by atoms with van der Waals surface area (Å²) in [5.74, 6) is 0.955. The Bertz CT molecular complexity index is 130. The molecule has 1 rings (SSSR count). The number of unbranched alkanes of at least 4 members (excludes halogenated alkanes) is 2. The molecule has 90 valence electrons. The smallest absolute Gasteiger partial charge is 0.00205 e. The number of rotatable bonds is 8. The summed E-state index contributed by atoms with van der Waals surface area (Å²) in [5.41, 5.74) is 0. The molecule has 2 N–H and O–H groups in total. The molecule has 1 fully saturated rings. The van der Waals surface area contributed by atoms with Crippen molar-refractivity contribution in [2.45, 2.75) is 51.9 Å². The van der Waals surface area contributed by atoms with Crippen molar-refractivity contribution in [2.75, 3.05) is 26.2 Å². The molecule has 0 amide bonds. The summed E-state index contributed by atoms with van der Waals surface area (Å²) in [6.07, 6.45) is 9.65. The predicted octanol–water partition coefficient (Wildman–Crippen LogP) is 2.55. The highest BCUT2D eigenvalue weighted by molar-refractivity contribution is 4.69. The van der Waals surface area contributed by atoms with Gasteiger partial charge in [-0.1, -0.05) is 19.8 Å². The molecule has 1 heterocycles. The first-order valence-corrected chi connectivity index (χ1v) is 6.85. The maximum absolute atomic E-state index is 3.54. The fraction of sp³-hybridized carbons (Fsp3) is 1.00. The molecule has 2 nitrogen and oxygen atoms in total. The highest BCUT2D eigenvalue weighted by Crippen LogP contribution is 2.15. The summed E-state index contributed by atoms with van der Waals surface area (Å²) in [7, 11) is 0. The summed E-state index contributed by atoms with van der Waals surface area (Å²) in [6, 6.07) is 0. The lowest BCUT2D eigenvalue weighted by Gasteiger charge is -2.22. The molecule has 0 aromatic rings. The van der Waals surface area contributed by atoms with Crippen LogP contribution in [0.3, 0.4) is 0 Å². The lowest BCUT2D eigenvalue weighted by atomic mass is 9.95. The zero-order valence-corrected chi connectivity index (χ0v) is 10.4. The summed E-state index contributed by atoms with van der Waals surface area (Å²) in [6.45, 7) is 7.20. The molecule has 2 heteroatoms. The van der Waals surface area contributed by atoms with Crippen molar-refractivity contribution < 1.29 is 0 Å². The number of hydrogen-bond donors (Lipinski definition) is 2. The van der Waals surface area contributed by atoms with Crippen LogP contribution < -0.4 is 10.6 Å². The Morgan fingerprint density at radius 1 is 1.20 bits per heavy atom. The third-order valence-corrected chi connectivity index (χ3v) is 3.32. The normalized spacial score (nSPS) is 21.8. The third kappa shape index (κ3) is 6.91. The second kappa shape index (κ2) is 9.17. The fourth-order valence-electron chi connectivity index (χ4n) is 2.31. The van der Waals surface area contributed by atoms with Gasteiger partial charge < -0.3 is 10.6 Å². The first kappa shape index (κ1) is 13.0. The van der Waals surface area contributed by atoms with Crippen LogP contribution in [-0.2, 0) is 0 Å². The van der Waals surface area contributed by atoms with E-state index >= 15 is 0 Å². The van der Waals surface area contributed by atoms with Crippen molar-refractivity contribution in [3.05, 3.63) is 0 Å². The average Bonchev–Trinajstić information content (AvgIpc) is 2.29. The largest absolute Gasteiger partial charge is 0.317 e. The van der Waals surface area contributed by atoms with Gasteiger partial charge in [0, 0.05) is 0 Å². The monoisotopic (exact) mass is 212 g/mol. The zero-order valence-electron chi connectivity index (χ0n) is 10.4. The molecule has 1 unspecified atom stereocenters. The van der Waals surface area contributed by atoms with Crippen LogP contribution in [0.25, 0.3) is 0 Å². The Balaban J connectivity index is 1.79. The van der Waals surface area contributed by atoms with E-state index in [1.807, 2.05) is 0 Å². The molecular formula is C13H28N2. The molecule has 0 saturated carbocycles. The van der Waals surface area contributed by atoms with Crippen LogP contribution >= 0.6 is 0 Å². The zero-order chi connectivity index (χ0) is 10.8. The molecule has 1 aliphatic rings. The third-order valence-electron chi connectivity index (χ3n) is 3.32. The topological polar surface area (TPSA) is 24.1 Å². The maximum atomic E-state index is 3.54. The van der Waals surface area contributed by atoms with Crippen molar-refractivity contribution in [1.29, 1.82) is 0 Å². The van der Waals surface area contributed by atoms with E-state index in [1.54, 1.807) is 0 Å². The minimum Gasteiger partial charge on any atom is -0.317 e.